The van der Waals surface area contributed by atoms with Crippen LogP contribution in [-0.2, 0) is 25.4 Å². The second-order valence-electron chi connectivity index (χ2n) is 7.63. The van der Waals surface area contributed by atoms with Crippen LogP contribution in [0.4, 0.5) is 26.3 Å². The number of alkyl halides is 6. The number of rotatable bonds is 3. The summed E-state index contributed by atoms with van der Waals surface area (Å²) in [6.45, 7) is 1.08. The van der Waals surface area contributed by atoms with Crippen molar-refractivity contribution in [2.75, 3.05) is 6.54 Å². The predicted octanol–water partition coefficient (Wildman–Crippen LogP) is 6.52. The molecule has 2 heterocycles. The summed E-state index contributed by atoms with van der Waals surface area (Å²) in [5.74, 6) is 0. The van der Waals surface area contributed by atoms with Gasteiger partial charge in [0.15, 0.2) is 0 Å². The lowest BCUT2D eigenvalue weighted by Gasteiger charge is -2.31. The molecule has 31 heavy (non-hydrogen) atoms. The highest BCUT2D eigenvalue weighted by atomic mass is 19.4. The zero-order valence-corrected chi connectivity index (χ0v) is 16.4. The first-order chi connectivity index (χ1) is 14.6. The van der Waals surface area contributed by atoms with E-state index in [1.165, 1.54) is 18.2 Å². The summed E-state index contributed by atoms with van der Waals surface area (Å²) in [5, 5.41) is 0. The Morgan fingerprint density at radius 2 is 1.58 bits per heavy atom. The van der Waals surface area contributed by atoms with Crippen LogP contribution in [0.5, 0.6) is 0 Å². The third-order valence-corrected chi connectivity index (χ3v) is 5.58. The van der Waals surface area contributed by atoms with Crippen LogP contribution >= 0.6 is 0 Å². The third-order valence-electron chi connectivity index (χ3n) is 5.58. The second-order valence-corrected chi connectivity index (χ2v) is 7.63. The van der Waals surface area contributed by atoms with E-state index in [2.05, 4.69) is 0 Å². The fourth-order valence-electron chi connectivity index (χ4n) is 4.23. The molecule has 0 radical (unpaired) electrons. The summed E-state index contributed by atoms with van der Waals surface area (Å²) in [6, 6.07) is 13.4. The molecule has 0 saturated heterocycles. The first kappa shape index (κ1) is 21.5. The monoisotopic (exact) mass is 438 g/mol. The van der Waals surface area contributed by atoms with Gasteiger partial charge in [-0.15, -0.1) is 0 Å². The maximum absolute atomic E-state index is 13.5. The first-order valence-corrected chi connectivity index (χ1v) is 9.86. The highest BCUT2D eigenvalue weighted by molar-refractivity contribution is 5.35. The van der Waals surface area contributed by atoms with E-state index in [1.54, 1.807) is 12.1 Å². The van der Waals surface area contributed by atoms with Gasteiger partial charge in [-0.2, -0.15) is 26.3 Å². The molecule has 0 N–H and O–H groups in total. The van der Waals surface area contributed by atoms with E-state index in [4.69, 9.17) is 0 Å². The molecule has 1 aliphatic heterocycles. The molecule has 1 atom stereocenters. The van der Waals surface area contributed by atoms with Gasteiger partial charge in [-0.3, -0.25) is 4.90 Å². The van der Waals surface area contributed by atoms with E-state index in [0.717, 1.165) is 23.9 Å². The Balaban J connectivity index is 1.79. The molecule has 0 spiro atoms. The predicted molar refractivity (Wildman–Crippen MR) is 104 cm³/mol. The molecular weight excluding hydrogens is 418 g/mol. The van der Waals surface area contributed by atoms with Crippen LogP contribution in [-0.4, -0.2) is 16.0 Å². The number of aromatic nitrogens is 1. The van der Waals surface area contributed by atoms with Gasteiger partial charge in [0, 0.05) is 31.5 Å². The van der Waals surface area contributed by atoms with Crippen molar-refractivity contribution in [2.45, 2.75) is 37.9 Å². The van der Waals surface area contributed by atoms with Gasteiger partial charge in [-0.05, 0) is 47.9 Å². The number of hydrogen-bond acceptors (Lipinski definition) is 1. The number of fused-ring (bicyclic) bond motifs is 1. The smallest absolute Gasteiger partial charge is 0.350 e. The maximum atomic E-state index is 13.5. The van der Waals surface area contributed by atoms with Crippen molar-refractivity contribution in [2.24, 2.45) is 0 Å². The third kappa shape index (κ3) is 4.49. The summed E-state index contributed by atoms with van der Waals surface area (Å²) < 4.78 is 82.6. The fourth-order valence-corrected chi connectivity index (χ4v) is 4.23. The number of hydrogen-bond donors (Lipinski definition) is 0. The summed E-state index contributed by atoms with van der Waals surface area (Å²) in [5.41, 5.74) is -0.227. The molecular formula is C23H20F6N2. The molecule has 2 aromatic carbocycles. The summed E-state index contributed by atoms with van der Waals surface area (Å²) in [7, 11) is 0. The van der Waals surface area contributed by atoms with Crippen molar-refractivity contribution in [3.05, 3.63) is 94.8 Å². The molecule has 0 bridgehead atoms. The van der Waals surface area contributed by atoms with Crippen molar-refractivity contribution in [3.8, 4) is 0 Å². The summed E-state index contributed by atoms with van der Waals surface area (Å²) in [6.07, 6.45) is -6.49. The van der Waals surface area contributed by atoms with Crippen LogP contribution in [0.25, 0.3) is 0 Å². The average molecular weight is 438 g/mol. The highest BCUT2D eigenvalue weighted by Crippen LogP contribution is 2.38. The van der Waals surface area contributed by atoms with Crippen molar-refractivity contribution in [1.82, 2.24) is 9.47 Å². The van der Waals surface area contributed by atoms with Gasteiger partial charge >= 0.3 is 12.4 Å². The molecule has 164 valence electrons. The Hall–Kier alpha value is -2.74. The SMILES string of the molecule is FC(F)(F)c1cccc([C@@H]2c3cccn3CCCN2Cc2ccccc2C(F)(F)F)c1. The molecule has 1 aromatic heterocycles. The zero-order valence-electron chi connectivity index (χ0n) is 16.4. The molecule has 0 aliphatic carbocycles. The fraction of sp³-hybridized carbons (Fsp3) is 0.304. The lowest BCUT2D eigenvalue weighted by atomic mass is 9.98. The van der Waals surface area contributed by atoms with Gasteiger partial charge in [0.25, 0.3) is 0 Å². The van der Waals surface area contributed by atoms with Crippen LogP contribution < -0.4 is 0 Å². The van der Waals surface area contributed by atoms with E-state index in [1.807, 2.05) is 27.8 Å². The van der Waals surface area contributed by atoms with Crippen molar-refractivity contribution in [1.29, 1.82) is 0 Å². The molecule has 8 heteroatoms. The average Bonchev–Trinajstić information content (AvgIpc) is 3.08. The lowest BCUT2D eigenvalue weighted by molar-refractivity contribution is -0.139. The van der Waals surface area contributed by atoms with Crippen LogP contribution in [0.1, 0.15) is 40.4 Å². The Morgan fingerprint density at radius 1 is 0.806 bits per heavy atom. The highest BCUT2D eigenvalue weighted by Gasteiger charge is 2.36. The van der Waals surface area contributed by atoms with Gasteiger partial charge in [0.05, 0.1) is 17.2 Å². The van der Waals surface area contributed by atoms with Crippen LogP contribution in [0.3, 0.4) is 0 Å². The molecule has 2 nitrogen and oxygen atoms in total. The molecule has 1 aliphatic rings. The van der Waals surface area contributed by atoms with E-state index in [-0.39, 0.29) is 12.1 Å². The number of benzene rings is 2. The first-order valence-electron chi connectivity index (χ1n) is 9.86. The molecule has 0 fully saturated rings. The minimum atomic E-state index is -4.51. The Bertz CT molecular complexity index is 1050. The molecule has 0 unspecified atom stereocenters. The maximum Gasteiger partial charge on any atom is 0.416 e. The van der Waals surface area contributed by atoms with E-state index < -0.39 is 29.5 Å². The number of aryl methyl sites for hydroxylation is 1. The van der Waals surface area contributed by atoms with E-state index >= 15 is 0 Å². The molecule has 4 rings (SSSR count). The van der Waals surface area contributed by atoms with Gasteiger partial charge in [-0.1, -0.05) is 30.3 Å². The van der Waals surface area contributed by atoms with Crippen LogP contribution in [0, 0.1) is 0 Å². The lowest BCUT2D eigenvalue weighted by Crippen LogP contribution is -2.30. The van der Waals surface area contributed by atoms with Gasteiger partial charge in [0.2, 0.25) is 0 Å². The Kier molecular flexibility index (Phi) is 5.60. The van der Waals surface area contributed by atoms with Gasteiger partial charge < -0.3 is 4.57 Å². The standard InChI is InChI=1S/C23H20F6N2/c24-22(25,26)18-8-3-7-16(14-18)21-20-10-4-11-30(20)12-5-13-31(21)15-17-6-1-2-9-19(17)23(27,28)29/h1-4,6-11,14,21H,5,12-13,15H2/t21-/m1/s1. The molecule has 0 saturated carbocycles. The van der Waals surface area contributed by atoms with Crippen LogP contribution in [0.15, 0.2) is 66.9 Å². The van der Waals surface area contributed by atoms with Crippen molar-refractivity contribution < 1.29 is 26.3 Å². The zero-order chi connectivity index (χ0) is 22.2. The van der Waals surface area contributed by atoms with E-state index in [9.17, 15) is 26.3 Å². The summed E-state index contributed by atoms with van der Waals surface area (Å²) >= 11 is 0. The molecule has 0 amide bonds. The Labute approximate surface area is 175 Å². The Morgan fingerprint density at radius 3 is 2.32 bits per heavy atom. The largest absolute Gasteiger partial charge is 0.416 e. The second kappa shape index (κ2) is 8.07. The number of halogens is 6. The minimum absolute atomic E-state index is 0.0260. The quantitative estimate of drug-likeness (QED) is 0.423. The van der Waals surface area contributed by atoms with Crippen molar-refractivity contribution in [3.63, 3.8) is 0 Å². The number of nitrogens with zero attached hydrogens (tertiary/aromatic N) is 2. The van der Waals surface area contributed by atoms with E-state index in [0.29, 0.717) is 25.1 Å². The normalized spacial score (nSPS) is 17.9. The molecule has 3 aromatic rings. The van der Waals surface area contributed by atoms with Crippen molar-refractivity contribution >= 4 is 0 Å². The summed E-state index contributed by atoms with van der Waals surface area (Å²) in [4.78, 5) is 1.83. The van der Waals surface area contributed by atoms with Crippen LogP contribution in [0.2, 0.25) is 0 Å². The van der Waals surface area contributed by atoms with Gasteiger partial charge in [0.1, 0.15) is 0 Å². The minimum Gasteiger partial charge on any atom is -0.350 e. The topological polar surface area (TPSA) is 8.17 Å². The van der Waals surface area contributed by atoms with Gasteiger partial charge in [-0.25, -0.2) is 0 Å².